The van der Waals surface area contributed by atoms with Crippen LogP contribution in [-0.2, 0) is 14.8 Å². The smallest absolute Gasteiger partial charge is 0.228 e. The molecule has 98 valence electrons. The lowest BCUT2D eigenvalue weighted by Gasteiger charge is -2.16. The van der Waals surface area contributed by atoms with Crippen LogP contribution in [0.5, 0.6) is 0 Å². The van der Waals surface area contributed by atoms with Gasteiger partial charge in [0, 0.05) is 24.7 Å². The Kier molecular flexibility index (Phi) is 3.36. The van der Waals surface area contributed by atoms with Crippen molar-refractivity contribution >= 4 is 21.6 Å². The quantitative estimate of drug-likeness (QED) is 0.870. The van der Waals surface area contributed by atoms with Crippen molar-refractivity contribution in [3.63, 3.8) is 0 Å². The Bertz CT molecular complexity index is 556. The molecule has 1 aliphatic rings. The number of benzene rings is 1. The summed E-state index contributed by atoms with van der Waals surface area (Å²) in [5.74, 6) is -0.557. The van der Waals surface area contributed by atoms with Gasteiger partial charge in [0.2, 0.25) is 15.9 Å². The summed E-state index contributed by atoms with van der Waals surface area (Å²) in [6.45, 7) is 0.261. The molecule has 1 aliphatic heterocycles. The molecule has 0 spiro atoms. The number of rotatable bonds is 3. The van der Waals surface area contributed by atoms with Crippen molar-refractivity contribution < 1.29 is 17.6 Å². The molecule has 0 bridgehead atoms. The molecule has 0 saturated carbocycles. The fourth-order valence-corrected chi connectivity index (χ4v) is 2.72. The summed E-state index contributed by atoms with van der Waals surface area (Å²) in [5.41, 5.74) is 0.569. The van der Waals surface area contributed by atoms with E-state index in [1.807, 2.05) is 0 Å². The van der Waals surface area contributed by atoms with E-state index in [1.54, 1.807) is 0 Å². The number of carbonyl (C=O) groups is 1. The molecule has 0 aromatic heterocycles. The van der Waals surface area contributed by atoms with Gasteiger partial charge in [-0.2, -0.15) is 0 Å². The third-order valence-electron chi connectivity index (χ3n) is 2.64. The van der Waals surface area contributed by atoms with Gasteiger partial charge in [-0.15, -0.1) is 0 Å². The average Bonchev–Trinajstić information content (AvgIpc) is 2.58. The lowest BCUT2D eigenvalue weighted by Crippen LogP contribution is -2.36. The molecule has 18 heavy (non-hydrogen) atoms. The standard InChI is InChI=1S/C11H13FN2O3S/c1-18(16,17)13-9-6-11(15)14(7-9)10-4-2-8(12)3-5-10/h2-5,9,13H,6-7H2,1H3. The summed E-state index contributed by atoms with van der Waals surface area (Å²) in [7, 11) is -3.33. The predicted molar refractivity (Wildman–Crippen MR) is 65.1 cm³/mol. The molecule has 1 fully saturated rings. The highest BCUT2D eigenvalue weighted by molar-refractivity contribution is 7.88. The van der Waals surface area contributed by atoms with E-state index in [0.29, 0.717) is 5.69 Å². The summed E-state index contributed by atoms with van der Waals surface area (Å²) >= 11 is 0. The Morgan fingerprint density at radius 2 is 1.94 bits per heavy atom. The molecule has 1 saturated heterocycles. The Balaban J connectivity index is 2.12. The fraction of sp³-hybridized carbons (Fsp3) is 0.364. The van der Waals surface area contributed by atoms with Crippen LogP contribution in [0, 0.1) is 5.82 Å². The monoisotopic (exact) mass is 272 g/mol. The maximum atomic E-state index is 12.8. The molecule has 1 heterocycles. The van der Waals surface area contributed by atoms with Crippen LogP contribution in [0.1, 0.15) is 6.42 Å². The zero-order valence-electron chi connectivity index (χ0n) is 9.76. The van der Waals surface area contributed by atoms with Gasteiger partial charge in [-0.1, -0.05) is 0 Å². The first-order valence-electron chi connectivity index (χ1n) is 5.38. The number of anilines is 1. The number of amides is 1. The number of hydrogen-bond acceptors (Lipinski definition) is 3. The number of halogens is 1. The van der Waals surface area contributed by atoms with Crippen molar-refractivity contribution in [2.24, 2.45) is 0 Å². The molecule has 0 aliphatic carbocycles. The van der Waals surface area contributed by atoms with E-state index < -0.39 is 16.1 Å². The minimum atomic E-state index is -3.33. The van der Waals surface area contributed by atoms with Gasteiger partial charge in [0.25, 0.3) is 0 Å². The minimum Gasteiger partial charge on any atom is -0.311 e. The second-order valence-electron chi connectivity index (χ2n) is 4.27. The Labute approximate surface area is 105 Å². The Morgan fingerprint density at radius 3 is 2.50 bits per heavy atom. The molecule has 0 radical (unpaired) electrons. The molecule has 1 aromatic carbocycles. The summed E-state index contributed by atoms with van der Waals surface area (Å²) < 4.78 is 37.4. The van der Waals surface area contributed by atoms with Gasteiger partial charge in [0.15, 0.2) is 0 Å². The third kappa shape index (κ3) is 3.05. The van der Waals surface area contributed by atoms with E-state index in [-0.39, 0.29) is 24.7 Å². The Morgan fingerprint density at radius 1 is 1.33 bits per heavy atom. The van der Waals surface area contributed by atoms with E-state index in [9.17, 15) is 17.6 Å². The van der Waals surface area contributed by atoms with Crippen molar-refractivity contribution in [3.8, 4) is 0 Å². The molecule has 1 unspecified atom stereocenters. The highest BCUT2D eigenvalue weighted by atomic mass is 32.2. The van der Waals surface area contributed by atoms with Gasteiger partial charge in [-0.3, -0.25) is 4.79 Å². The molecular weight excluding hydrogens is 259 g/mol. The van der Waals surface area contributed by atoms with Gasteiger partial charge in [0.05, 0.1) is 6.26 Å². The first-order chi connectivity index (χ1) is 8.35. The maximum Gasteiger partial charge on any atom is 0.228 e. The van der Waals surface area contributed by atoms with Crippen LogP contribution < -0.4 is 9.62 Å². The van der Waals surface area contributed by atoms with Gasteiger partial charge < -0.3 is 4.90 Å². The zero-order chi connectivity index (χ0) is 13.3. The van der Waals surface area contributed by atoms with Crippen LogP contribution in [0.15, 0.2) is 24.3 Å². The van der Waals surface area contributed by atoms with Gasteiger partial charge in [0.1, 0.15) is 5.82 Å². The predicted octanol–water partition coefficient (Wildman–Crippen LogP) is 0.480. The topological polar surface area (TPSA) is 66.5 Å². The molecule has 1 aromatic rings. The second-order valence-corrected chi connectivity index (χ2v) is 6.05. The molecule has 2 rings (SSSR count). The van der Waals surface area contributed by atoms with Crippen LogP contribution in [0.3, 0.4) is 0 Å². The minimum absolute atomic E-state index is 0.116. The van der Waals surface area contributed by atoms with Crippen LogP contribution >= 0.6 is 0 Å². The molecule has 7 heteroatoms. The van der Waals surface area contributed by atoms with Gasteiger partial charge >= 0.3 is 0 Å². The molecule has 1 atom stereocenters. The van der Waals surface area contributed by atoms with Gasteiger partial charge in [-0.25, -0.2) is 17.5 Å². The largest absolute Gasteiger partial charge is 0.311 e. The summed E-state index contributed by atoms with van der Waals surface area (Å²) in [6, 6.07) is 5.09. The van der Waals surface area contributed by atoms with Crippen LogP contribution in [0.2, 0.25) is 0 Å². The molecule has 1 amide bonds. The van der Waals surface area contributed by atoms with Crippen molar-refractivity contribution in [1.29, 1.82) is 0 Å². The van der Waals surface area contributed by atoms with Gasteiger partial charge in [-0.05, 0) is 24.3 Å². The second kappa shape index (κ2) is 4.66. The average molecular weight is 272 g/mol. The Hall–Kier alpha value is -1.47. The lowest BCUT2D eigenvalue weighted by molar-refractivity contribution is -0.117. The number of carbonyl (C=O) groups excluding carboxylic acids is 1. The lowest BCUT2D eigenvalue weighted by atomic mass is 10.3. The number of sulfonamides is 1. The first-order valence-corrected chi connectivity index (χ1v) is 7.27. The van der Waals surface area contributed by atoms with E-state index in [4.69, 9.17) is 0 Å². The fourth-order valence-electron chi connectivity index (χ4n) is 1.96. The van der Waals surface area contributed by atoms with Crippen LogP contribution in [0.25, 0.3) is 0 Å². The van der Waals surface area contributed by atoms with E-state index in [0.717, 1.165) is 6.26 Å². The van der Waals surface area contributed by atoms with Crippen LogP contribution in [-0.4, -0.2) is 33.2 Å². The molecule has 5 nitrogen and oxygen atoms in total. The van der Waals surface area contributed by atoms with E-state index in [1.165, 1.54) is 29.2 Å². The van der Waals surface area contributed by atoms with Crippen molar-refractivity contribution in [3.05, 3.63) is 30.1 Å². The number of hydrogen-bond donors (Lipinski definition) is 1. The van der Waals surface area contributed by atoms with Crippen molar-refractivity contribution in [2.45, 2.75) is 12.5 Å². The highest BCUT2D eigenvalue weighted by Gasteiger charge is 2.32. The summed E-state index contributed by atoms with van der Waals surface area (Å²) in [6.07, 6.45) is 1.17. The summed E-state index contributed by atoms with van der Waals surface area (Å²) in [5, 5.41) is 0. The zero-order valence-corrected chi connectivity index (χ0v) is 10.6. The third-order valence-corrected chi connectivity index (χ3v) is 3.41. The van der Waals surface area contributed by atoms with Crippen LogP contribution in [0.4, 0.5) is 10.1 Å². The van der Waals surface area contributed by atoms with E-state index >= 15 is 0 Å². The normalized spacial score (nSPS) is 20.4. The van der Waals surface area contributed by atoms with Crippen molar-refractivity contribution in [2.75, 3.05) is 17.7 Å². The molecule has 1 N–H and O–H groups in total. The SMILES string of the molecule is CS(=O)(=O)NC1CC(=O)N(c2ccc(F)cc2)C1. The number of nitrogens with one attached hydrogen (secondary N) is 1. The number of nitrogens with zero attached hydrogens (tertiary/aromatic N) is 1. The first kappa shape index (κ1) is 13.0. The molecular formula is C11H13FN2O3S. The maximum absolute atomic E-state index is 12.8. The summed E-state index contributed by atoms with van der Waals surface area (Å²) in [4.78, 5) is 13.2. The highest BCUT2D eigenvalue weighted by Crippen LogP contribution is 2.21. The van der Waals surface area contributed by atoms with Crippen molar-refractivity contribution in [1.82, 2.24) is 4.72 Å². The van der Waals surface area contributed by atoms with E-state index in [2.05, 4.69) is 4.72 Å².